The summed E-state index contributed by atoms with van der Waals surface area (Å²) in [6, 6.07) is 10.4. The smallest absolute Gasteiger partial charge is 0.190 e. The molecule has 1 aromatic carbocycles. The molecule has 0 spiro atoms. The van der Waals surface area contributed by atoms with Crippen molar-refractivity contribution in [1.29, 1.82) is 0 Å². The summed E-state index contributed by atoms with van der Waals surface area (Å²) in [6.45, 7) is 0. The number of aromatic nitrogens is 2. The third-order valence-corrected chi connectivity index (χ3v) is 6.33. The van der Waals surface area contributed by atoms with Crippen molar-refractivity contribution in [1.82, 2.24) is 9.55 Å². The molecule has 29 heavy (non-hydrogen) atoms. The van der Waals surface area contributed by atoms with Crippen LogP contribution in [-0.2, 0) is 0 Å². The van der Waals surface area contributed by atoms with E-state index in [0.29, 0.717) is 6.04 Å². The zero-order valence-corrected chi connectivity index (χ0v) is 17.8. The summed E-state index contributed by atoms with van der Waals surface area (Å²) < 4.78 is 13.5. The van der Waals surface area contributed by atoms with E-state index < -0.39 is 0 Å². The molecule has 2 heterocycles. The largest absolute Gasteiger partial charge is 0.497 e. The molecule has 6 heteroatoms. The van der Waals surface area contributed by atoms with E-state index in [9.17, 15) is 0 Å². The average Bonchev–Trinajstić information content (AvgIpc) is 2.98. The van der Waals surface area contributed by atoms with Crippen molar-refractivity contribution in [3.05, 3.63) is 52.9 Å². The zero-order chi connectivity index (χ0) is 20.1. The Kier molecular flexibility index (Phi) is 6.30. The molecule has 0 radical (unpaired) electrons. The minimum Gasteiger partial charge on any atom is -0.497 e. The van der Waals surface area contributed by atoms with Crippen LogP contribution < -0.4 is 14.3 Å². The van der Waals surface area contributed by atoms with E-state index in [2.05, 4.69) is 21.0 Å². The van der Waals surface area contributed by atoms with Crippen LogP contribution in [0.4, 0.5) is 5.69 Å². The number of ether oxygens (including phenoxy) is 2. The molecule has 0 saturated heterocycles. The second-order valence-corrected chi connectivity index (χ2v) is 8.14. The van der Waals surface area contributed by atoms with Crippen molar-refractivity contribution in [2.75, 3.05) is 14.2 Å². The minimum atomic E-state index is 0.445. The lowest BCUT2D eigenvalue weighted by molar-refractivity contribution is 0.394. The molecule has 0 N–H and O–H groups in total. The van der Waals surface area contributed by atoms with Gasteiger partial charge in [-0.05, 0) is 37.1 Å². The number of hydrogen-bond donors (Lipinski definition) is 0. The Hall–Kier alpha value is -2.60. The second kappa shape index (κ2) is 9.27. The van der Waals surface area contributed by atoms with Gasteiger partial charge in [0.1, 0.15) is 11.5 Å². The fourth-order valence-corrected chi connectivity index (χ4v) is 4.98. The minimum absolute atomic E-state index is 0.445. The van der Waals surface area contributed by atoms with Crippen LogP contribution in [0.5, 0.6) is 11.5 Å². The molecule has 2 aromatic heterocycles. The highest BCUT2D eigenvalue weighted by Crippen LogP contribution is 2.37. The van der Waals surface area contributed by atoms with Gasteiger partial charge >= 0.3 is 0 Å². The topological polar surface area (TPSA) is 48.6 Å². The SMILES string of the molecule is COc1ccc(-c2csc(=Nc3cccnc3)n2C2CCCCCC2)c(OC)c1. The Balaban J connectivity index is 1.87. The van der Waals surface area contributed by atoms with Crippen LogP contribution in [0.3, 0.4) is 0 Å². The Morgan fingerprint density at radius 3 is 2.59 bits per heavy atom. The molecule has 1 aliphatic carbocycles. The fourth-order valence-electron chi connectivity index (χ4n) is 4.01. The van der Waals surface area contributed by atoms with E-state index in [4.69, 9.17) is 14.5 Å². The molecular formula is C23H27N3O2S. The van der Waals surface area contributed by atoms with Gasteiger partial charge in [-0.15, -0.1) is 11.3 Å². The van der Waals surface area contributed by atoms with Crippen LogP contribution in [0.15, 0.2) is 53.1 Å². The van der Waals surface area contributed by atoms with Crippen molar-refractivity contribution in [3.8, 4) is 22.8 Å². The van der Waals surface area contributed by atoms with E-state index in [1.807, 2.05) is 30.5 Å². The number of pyridine rings is 1. The molecule has 4 rings (SSSR count). The van der Waals surface area contributed by atoms with Gasteiger partial charge in [0.05, 0.1) is 31.8 Å². The lowest BCUT2D eigenvalue weighted by Gasteiger charge is -2.21. The van der Waals surface area contributed by atoms with Crippen molar-refractivity contribution < 1.29 is 9.47 Å². The van der Waals surface area contributed by atoms with Crippen molar-refractivity contribution >= 4 is 17.0 Å². The van der Waals surface area contributed by atoms with Gasteiger partial charge in [-0.2, -0.15) is 0 Å². The maximum atomic E-state index is 5.71. The van der Waals surface area contributed by atoms with Gasteiger partial charge in [-0.3, -0.25) is 4.98 Å². The number of methoxy groups -OCH3 is 2. The van der Waals surface area contributed by atoms with E-state index >= 15 is 0 Å². The summed E-state index contributed by atoms with van der Waals surface area (Å²) >= 11 is 1.68. The Bertz CT molecular complexity index is 1000. The fraction of sp³-hybridized carbons (Fsp3) is 0.391. The maximum Gasteiger partial charge on any atom is 0.190 e. The molecule has 3 aromatic rings. The highest BCUT2D eigenvalue weighted by atomic mass is 32.1. The number of hydrogen-bond acceptors (Lipinski definition) is 5. The predicted molar refractivity (Wildman–Crippen MR) is 117 cm³/mol. The Morgan fingerprint density at radius 2 is 1.90 bits per heavy atom. The first kappa shape index (κ1) is 19.7. The quantitative estimate of drug-likeness (QED) is 0.504. The van der Waals surface area contributed by atoms with Crippen LogP contribution in [0.2, 0.25) is 0 Å². The van der Waals surface area contributed by atoms with Crippen molar-refractivity contribution in [2.24, 2.45) is 4.99 Å². The summed E-state index contributed by atoms with van der Waals surface area (Å²) in [6.07, 6.45) is 11.1. The van der Waals surface area contributed by atoms with E-state index in [-0.39, 0.29) is 0 Å². The molecule has 0 amide bonds. The van der Waals surface area contributed by atoms with Crippen LogP contribution in [0.25, 0.3) is 11.3 Å². The van der Waals surface area contributed by atoms with E-state index in [1.54, 1.807) is 31.8 Å². The predicted octanol–water partition coefficient (Wildman–Crippen LogP) is 5.76. The van der Waals surface area contributed by atoms with E-state index in [0.717, 1.165) is 33.2 Å². The molecule has 0 bridgehead atoms. The first-order chi connectivity index (χ1) is 14.3. The molecule has 0 aliphatic heterocycles. The van der Waals surface area contributed by atoms with Gasteiger partial charge in [-0.1, -0.05) is 25.7 Å². The lowest BCUT2D eigenvalue weighted by atomic mass is 10.1. The first-order valence-electron chi connectivity index (χ1n) is 10.2. The van der Waals surface area contributed by atoms with Crippen LogP contribution >= 0.6 is 11.3 Å². The third kappa shape index (κ3) is 4.37. The molecule has 1 fully saturated rings. The van der Waals surface area contributed by atoms with Gasteiger partial charge in [0.2, 0.25) is 0 Å². The first-order valence-corrected chi connectivity index (χ1v) is 11.1. The lowest BCUT2D eigenvalue weighted by Crippen LogP contribution is -2.21. The van der Waals surface area contributed by atoms with Gasteiger partial charge in [0.15, 0.2) is 4.80 Å². The monoisotopic (exact) mass is 409 g/mol. The van der Waals surface area contributed by atoms with E-state index in [1.165, 1.54) is 38.5 Å². The second-order valence-electron chi connectivity index (χ2n) is 7.31. The molecule has 0 atom stereocenters. The molecule has 1 saturated carbocycles. The number of benzene rings is 1. The average molecular weight is 410 g/mol. The molecule has 5 nitrogen and oxygen atoms in total. The van der Waals surface area contributed by atoms with Crippen LogP contribution in [0, 0.1) is 0 Å². The van der Waals surface area contributed by atoms with Crippen molar-refractivity contribution in [3.63, 3.8) is 0 Å². The Labute approximate surface area is 175 Å². The van der Waals surface area contributed by atoms with Crippen LogP contribution in [0.1, 0.15) is 44.6 Å². The molecule has 0 unspecified atom stereocenters. The number of thiazole rings is 1. The Morgan fingerprint density at radius 1 is 1.07 bits per heavy atom. The van der Waals surface area contributed by atoms with Gasteiger partial charge in [0, 0.05) is 29.2 Å². The summed E-state index contributed by atoms with van der Waals surface area (Å²) in [5.41, 5.74) is 3.11. The van der Waals surface area contributed by atoms with Gasteiger partial charge < -0.3 is 14.0 Å². The zero-order valence-electron chi connectivity index (χ0n) is 17.0. The van der Waals surface area contributed by atoms with Crippen LogP contribution in [-0.4, -0.2) is 23.8 Å². The summed E-state index contributed by atoms with van der Waals surface area (Å²) in [4.78, 5) is 10.2. The van der Waals surface area contributed by atoms with Gasteiger partial charge in [0.25, 0.3) is 0 Å². The summed E-state index contributed by atoms with van der Waals surface area (Å²) in [5.74, 6) is 1.61. The highest BCUT2D eigenvalue weighted by molar-refractivity contribution is 7.07. The number of rotatable bonds is 5. The van der Waals surface area contributed by atoms with Crippen molar-refractivity contribution in [2.45, 2.75) is 44.6 Å². The summed E-state index contributed by atoms with van der Waals surface area (Å²) in [7, 11) is 3.39. The standard InChI is InChI=1S/C23H27N3O2S/c1-27-19-11-12-20(22(14-19)28-2)21-16-29-23(25-17-8-7-13-24-15-17)26(21)18-9-5-3-4-6-10-18/h7-8,11-16,18H,3-6,9-10H2,1-2H3. The highest BCUT2D eigenvalue weighted by Gasteiger charge is 2.21. The summed E-state index contributed by atoms with van der Waals surface area (Å²) in [5, 5.41) is 2.20. The number of nitrogens with zero attached hydrogens (tertiary/aromatic N) is 3. The molecule has 1 aliphatic rings. The third-order valence-electron chi connectivity index (χ3n) is 5.49. The molecule has 152 valence electrons. The maximum absolute atomic E-state index is 5.71. The normalized spacial score (nSPS) is 15.9. The molecular weight excluding hydrogens is 382 g/mol. The van der Waals surface area contributed by atoms with Gasteiger partial charge in [-0.25, -0.2) is 4.99 Å².